The van der Waals surface area contributed by atoms with E-state index in [0.717, 1.165) is 22.9 Å². The molecule has 1 aliphatic rings. The first-order valence-corrected chi connectivity index (χ1v) is 6.73. The van der Waals surface area contributed by atoms with Crippen molar-refractivity contribution in [3.63, 3.8) is 0 Å². The average molecular weight is 264 g/mol. The number of pyridine rings is 1. The fourth-order valence-electron chi connectivity index (χ4n) is 2.59. The number of carbonyl (C=O) groups is 1. The van der Waals surface area contributed by atoms with Gasteiger partial charge in [-0.2, -0.15) is 0 Å². The van der Waals surface area contributed by atoms with Gasteiger partial charge in [0.25, 0.3) is 5.91 Å². The summed E-state index contributed by atoms with van der Waals surface area (Å²) < 4.78 is 0. The Bertz CT molecular complexity index is 711. The molecule has 1 unspecified atom stereocenters. The Kier molecular flexibility index (Phi) is 3.33. The lowest BCUT2D eigenvalue weighted by Crippen LogP contribution is -2.20. The summed E-state index contributed by atoms with van der Waals surface area (Å²) in [5.74, 6) is 0.248. The fourth-order valence-corrected chi connectivity index (χ4v) is 2.59. The Morgan fingerprint density at radius 2 is 2.15 bits per heavy atom. The van der Waals surface area contributed by atoms with Gasteiger partial charge in [0.15, 0.2) is 0 Å². The zero-order chi connectivity index (χ0) is 13.9. The van der Waals surface area contributed by atoms with Crippen molar-refractivity contribution >= 4 is 16.8 Å². The topological polar surface area (TPSA) is 42.0 Å². The molecule has 1 aliphatic carbocycles. The van der Waals surface area contributed by atoms with Crippen LogP contribution in [0.1, 0.15) is 17.9 Å². The van der Waals surface area contributed by atoms with E-state index in [2.05, 4.69) is 40.6 Å². The first-order valence-electron chi connectivity index (χ1n) is 6.73. The van der Waals surface area contributed by atoms with E-state index in [1.165, 1.54) is 5.56 Å². The smallest absolute Gasteiger partial charge is 0.250 e. The van der Waals surface area contributed by atoms with Gasteiger partial charge in [0, 0.05) is 30.1 Å². The van der Waals surface area contributed by atoms with Gasteiger partial charge < -0.3 is 5.32 Å². The van der Waals surface area contributed by atoms with E-state index in [9.17, 15) is 4.79 Å². The zero-order valence-electron chi connectivity index (χ0n) is 11.3. The highest BCUT2D eigenvalue weighted by molar-refractivity contribution is 5.96. The minimum Gasteiger partial charge on any atom is -0.355 e. The Labute approximate surface area is 118 Å². The van der Waals surface area contributed by atoms with E-state index >= 15 is 0 Å². The monoisotopic (exact) mass is 264 g/mol. The van der Waals surface area contributed by atoms with Crippen LogP contribution in [-0.2, 0) is 4.79 Å². The molecule has 20 heavy (non-hydrogen) atoms. The van der Waals surface area contributed by atoms with Crippen LogP contribution in [0, 0.1) is 0 Å². The number of rotatable bonds is 2. The van der Waals surface area contributed by atoms with Gasteiger partial charge in [-0.25, -0.2) is 0 Å². The van der Waals surface area contributed by atoms with Gasteiger partial charge in [-0.1, -0.05) is 42.5 Å². The summed E-state index contributed by atoms with van der Waals surface area (Å²) in [5, 5.41) is 3.80. The van der Waals surface area contributed by atoms with Crippen molar-refractivity contribution in [2.45, 2.75) is 12.3 Å². The highest BCUT2D eigenvalue weighted by Crippen LogP contribution is 2.31. The molecule has 1 aromatic heterocycles. The standard InChI is InChI=1S/C17H16N2O/c1-18-17(20)14-9-7-12(8-10-14)15-6-2-4-13-5-3-11-19-16(13)15/h2-7,9-12H,8H2,1H3,(H,18,20). The number of allylic oxidation sites excluding steroid dienone is 2. The van der Waals surface area contributed by atoms with Crippen LogP contribution in [0.2, 0.25) is 0 Å². The van der Waals surface area contributed by atoms with E-state index in [1.54, 1.807) is 7.05 Å². The first kappa shape index (κ1) is 12.6. The van der Waals surface area contributed by atoms with Crippen LogP contribution < -0.4 is 5.32 Å². The molecule has 1 amide bonds. The van der Waals surface area contributed by atoms with E-state index in [4.69, 9.17) is 0 Å². The highest BCUT2D eigenvalue weighted by atomic mass is 16.1. The second kappa shape index (κ2) is 5.29. The molecule has 2 aromatic rings. The number of amides is 1. The third kappa shape index (κ3) is 2.23. The minimum absolute atomic E-state index is 0.0317. The number of fused-ring (bicyclic) bond motifs is 1. The third-order valence-electron chi connectivity index (χ3n) is 3.65. The quantitative estimate of drug-likeness (QED) is 0.906. The molecule has 0 radical (unpaired) electrons. The first-order chi connectivity index (χ1) is 9.79. The number of para-hydroxylation sites is 1. The van der Waals surface area contributed by atoms with Crippen molar-refractivity contribution in [3.8, 4) is 0 Å². The van der Waals surface area contributed by atoms with Gasteiger partial charge >= 0.3 is 0 Å². The molecule has 0 saturated carbocycles. The van der Waals surface area contributed by atoms with E-state index in [1.807, 2.05) is 24.4 Å². The number of nitrogens with zero attached hydrogens (tertiary/aromatic N) is 1. The normalized spacial score (nSPS) is 17.9. The van der Waals surface area contributed by atoms with Gasteiger partial charge in [-0.05, 0) is 18.1 Å². The Morgan fingerprint density at radius 3 is 2.90 bits per heavy atom. The second-order valence-corrected chi connectivity index (χ2v) is 4.86. The zero-order valence-corrected chi connectivity index (χ0v) is 11.3. The molecule has 0 fully saturated rings. The molecule has 0 spiro atoms. The van der Waals surface area contributed by atoms with Crippen molar-refractivity contribution in [2.24, 2.45) is 0 Å². The van der Waals surface area contributed by atoms with Gasteiger partial charge in [-0.3, -0.25) is 9.78 Å². The Balaban J connectivity index is 1.93. The van der Waals surface area contributed by atoms with Crippen LogP contribution in [0.4, 0.5) is 0 Å². The number of nitrogens with one attached hydrogen (secondary N) is 1. The largest absolute Gasteiger partial charge is 0.355 e. The summed E-state index contributed by atoms with van der Waals surface area (Å²) in [7, 11) is 1.65. The lowest BCUT2D eigenvalue weighted by Gasteiger charge is -2.17. The van der Waals surface area contributed by atoms with Crippen molar-refractivity contribution in [3.05, 3.63) is 65.9 Å². The minimum atomic E-state index is -0.0317. The molecule has 1 aromatic carbocycles. The molecule has 100 valence electrons. The number of benzene rings is 1. The van der Waals surface area contributed by atoms with Crippen LogP contribution in [0.15, 0.2) is 60.3 Å². The summed E-state index contributed by atoms with van der Waals surface area (Å²) in [6.45, 7) is 0. The molecule has 1 atom stereocenters. The maximum absolute atomic E-state index is 11.6. The fraction of sp³-hybridized carbons (Fsp3) is 0.176. The lowest BCUT2D eigenvalue weighted by atomic mass is 9.88. The summed E-state index contributed by atoms with van der Waals surface area (Å²) in [4.78, 5) is 16.1. The maximum Gasteiger partial charge on any atom is 0.250 e. The van der Waals surface area contributed by atoms with E-state index < -0.39 is 0 Å². The summed E-state index contributed by atoms with van der Waals surface area (Å²) in [5.41, 5.74) is 2.99. The van der Waals surface area contributed by atoms with Gasteiger partial charge in [0.2, 0.25) is 0 Å². The molecular formula is C17H16N2O. The summed E-state index contributed by atoms with van der Waals surface area (Å²) >= 11 is 0. The number of hydrogen-bond donors (Lipinski definition) is 1. The average Bonchev–Trinajstić information content (AvgIpc) is 2.54. The highest BCUT2D eigenvalue weighted by Gasteiger charge is 2.16. The molecule has 3 nitrogen and oxygen atoms in total. The Morgan fingerprint density at radius 1 is 1.30 bits per heavy atom. The molecular weight excluding hydrogens is 248 g/mol. The number of carbonyl (C=O) groups excluding carboxylic acids is 1. The Hall–Kier alpha value is -2.42. The molecule has 0 bridgehead atoms. The van der Waals surface area contributed by atoms with Crippen molar-refractivity contribution < 1.29 is 4.79 Å². The second-order valence-electron chi connectivity index (χ2n) is 4.86. The van der Waals surface area contributed by atoms with Crippen LogP contribution in [0.25, 0.3) is 10.9 Å². The molecule has 3 rings (SSSR count). The SMILES string of the molecule is CNC(=O)C1=CCC(c2cccc3cccnc23)C=C1. The summed E-state index contributed by atoms with van der Waals surface area (Å²) in [6.07, 6.45) is 8.63. The lowest BCUT2D eigenvalue weighted by molar-refractivity contribution is -0.116. The predicted molar refractivity (Wildman–Crippen MR) is 80.4 cm³/mol. The van der Waals surface area contributed by atoms with Crippen LogP contribution in [0.3, 0.4) is 0 Å². The number of likely N-dealkylation sites (N-methyl/N-ethyl adjacent to an activating group) is 1. The maximum atomic E-state index is 11.6. The van der Waals surface area contributed by atoms with Crippen molar-refractivity contribution in [1.29, 1.82) is 0 Å². The van der Waals surface area contributed by atoms with Gasteiger partial charge in [-0.15, -0.1) is 0 Å². The van der Waals surface area contributed by atoms with Crippen LogP contribution >= 0.6 is 0 Å². The number of hydrogen-bond acceptors (Lipinski definition) is 2. The van der Waals surface area contributed by atoms with Crippen LogP contribution in [0.5, 0.6) is 0 Å². The summed E-state index contributed by atoms with van der Waals surface area (Å²) in [6, 6.07) is 10.3. The number of aromatic nitrogens is 1. The third-order valence-corrected chi connectivity index (χ3v) is 3.65. The molecule has 1 heterocycles. The van der Waals surface area contributed by atoms with Crippen LogP contribution in [-0.4, -0.2) is 17.9 Å². The van der Waals surface area contributed by atoms with Crippen molar-refractivity contribution in [2.75, 3.05) is 7.05 Å². The van der Waals surface area contributed by atoms with Crippen molar-refractivity contribution in [1.82, 2.24) is 10.3 Å². The molecule has 0 saturated heterocycles. The predicted octanol–water partition coefficient (Wildman–Crippen LogP) is 2.95. The van der Waals surface area contributed by atoms with Gasteiger partial charge in [0.1, 0.15) is 0 Å². The van der Waals surface area contributed by atoms with Gasteiger partial charge in [0.05, 0.1) is 5.52 Å². The van der Waals surface area contributed by atoms with E-state index in [-0.39, 0.29) is 11.8 Å². The molecule has 1 N–H and O–H groups in total. The molecule has 3 heteroatoms. The molecule has 0 aliphatic heterocycles. The van der Waals surface area contributed by atoms with E-state index in [0.29, 0.717) is 0 Å².